The highest BCUT2D eigenvalue weighted by atomic mass is 16.3. The summed E-state index contributed by atoms with van der Waals surface area (Å²) >= 11 is 0. The number of rotatable bonds is 10. The average Bonchev–Trinajstić information content (AvgIpc) is 3.59. The Morgan fingerprint density at radius 3 is 2.60 bits per heavy atom. The van der Waals surface area contributed by atoms with Gasteiger partial charge < -0.3 is 30.0 Å². The summed E-state index contributed by atoms with van der Waals surface area (Å²) in [6, 6.07) is 13.2. The summed E-state index contributed by atoms with van der Waals surface area (Å²) in [7, 11) is 0. The first-order valence-electron chi connectivity index (χ1n) is 15.3. The molecule has 0 bridgehead atoms. The smallest absolute Gasteiger partial charge is 0.277 e. The van der Waals surface area contributed by atoms with Crippen molar-refractivity contribution in [1.29, 1.82) is 0 Å². The lowest BCUT2D eigenvalue weighted by molar-refractivity contribution is -0.127. The molecule has 10 heteroatoms. The SMILES string of the molecule is Cc1ccccc1C1(O)CCN(c2ccc(C(=O)NCCCN3CCCC3=O)cc2NC(=O)c2coc(C3CC3)n2)CC1. The summed E-state index contributed by atoms with van der Waals surface area (Å²) in [5.41, 5.74) is 2.97. The standard InChI is InChI=1S/C33H39N5O5/c1-22-6-2-3-7-25(22)33(42)13-18-37(19-14-33)28-12-11-24(30(40)34-15-5-17-38-16-4-8-29(38)39)20-26(28)35-31(41)27-21-43-32(36-27)23-9-10-23/h2-3,6-7,11-12,20-21,23,42H,4-5,8-10,13-19H2,1H3,(H,34,40)(H,35,41). The second-order valence-electron chi connectivity index (χ2n) is 12.0. The van der Waals surface area contributed by atoms with E-state index in [-0.39, 0.29) is 23.4 Å². The van der Waals surface area contributed by atoms with Crippen LogP contribution in [0.15, 0.2) is 53.1 Å². The topological polar surface area (TPSA) is 128 Å². The molecule has 0 unspecified atom stereocenters. The van der Waals surface area contributed by atoms with E-state index in [2.05, 4.69) is 20.5 Å². The molecule has 0 atom stereocenters. The molecule has 43 heavy (non-hydrogen) atoms. The van der Waals surface area contributed by atoms with Crippen molar-refractivity contribution in [3.8, 4) is 0 Å². The van der Waals surface area contributed by atoms with E-state index in [0.717, 1.165) is 42.6 Å². The minimum atomic E-state index is -0.926. The number of piperidine rings is 1. The van der Waals surface area contributed by atoms with Gasteiger partial charge in [0.2, 0.25) is 5.91 Å². The Balaban J connectivity index is 1.17. The third-order valence-electron chi connectivity index (χ3n) is 8.83. The lowest BCUT2D eigenvalue weighted by Gasteiger charge is -2.40. The molecule has 3 amide bonds. The molecule has 1 saturated carbocycles. The molecule has 2 saturated heterocycles. The highest BCUT2D eigenvalue weighted by Crippen LogP contribution is 2.40. The number of aryl methyl sites for hydroxylation is 1. The fourth-order valence-electron chi connectivity index (χ4n) is 6.15. The van der Waals surface area contributed by atoms with Crippen LogP contribution >= 0.6 is 0 Å². The first kappa shape index (κ1) is 28.9. The van der Waals surface area contributed by atoms with E-state index in [1.165, 1.54) is 6.26 Å². The number of nitrogens with one attached hydrogen (secondary N) is 2. The molecule has 0 radical (unpaired) electrons. The zero-order chi connectivity index (χ0) is 30.0. The van der Waals surface area contributed by atoms with Crippen molar-refractivity contribution in [2.45, 2.75) is 63.4 Å². The van der Waals surface area contributed by atoms with Gasteiger partial charge in [-0.05, 0) is 74.8 Å². The molecule has 3 heterocycles. The molecule has 6 rings (SSSR count). The van der Waals surface area contributed by atoms with Gasteiger partial charge >= 0.3 is 0 Å². The highest BCUT2D eigenvalue weighted by Gasteiger charge is 2.36. The van der Waals surface area contributed by atoms with Crippen molar-refractivity contribution in [1.82, 2.24) is 15.2 Å². The molecule has 3 N–H and O–H groups in total. The molecular weight excluding hydrogens is 546 g/mol. The van der Waals surface area contributed by atoms with Crippen LogP contribution in [-0.2, 0) is 10.4 Å². The number of amides is 3. The second kappa shape index (κ2) is 12.2. The molecule has 3 fully saturated rings. The van der Waals surface area contributed by atoms with Gasteiger partial charge in [0.1, 0.15) is 6.26 Å². The van der Waals surface area contributed by atoms with E-state index in [4.69, 9.17) is 4.42 Å². The lowest BCUT2D eigenvalue weighted by atomic mass is 9.82. The third kappa shape index (κ3) is 6.44. The number of aliphatic hydroxyl groups is 1. The number of likely N-dealkylation sites (tertiary alicyclic amines) is 1. The van der Waals surface area contributed by atoms with Gasteiger partial charge in [-0.1, -0.05) is 24.3 Å². The molecule has 10 nitrogen and oxygen atoms in total. The summed E-state index contributed by atoms with van der Waals surface area (Å²) in [5, 5.41) is 17.4. The number of carbonyl (C=O) groups excluding carboxylic acids is 3. The van der Waals surface area contributed by atoms with E-state index >= 15 is 0 Å². The van der Waals surface area contributed by atoms with Crippen molar-refractivity contribution >= 4 is 29.1 Å². The van der Waals surface area contributed by atoms with E-state index in [1.807, 2.05) is 42.2 Å². The van der Waals surface area contributed by atoms with Crippen LogP contribution in [0.3, 0.4) is 0 Å². The zero-order valence-corrected chi connectivity index (χ0v) is 24.6. The normalized spacial score (nSPS) is 18.1. The number of hydrogen-bond acceptors (Lipinski definition) is 7. The van der Waals surface area contributed by atoms with Gasteiger partial charge in [-0.3, -0.25) is 14.4 Å². The monoisotopic (exact) mass is 585 g/mol. The second-order valence-corrected chi connectivity index (χ2v) is 12.0. The number of nitrogens with zero attached hydrogens (tertiary/aromatic N) is 3. The molecule has 3 aromatic rings. The first-order chi connectivity index (χ1) is 20.8. The fraction of sp³-hybridized carbons (Fsp3) is 0.455. The molecular formula is C33H39N5O5. The maximum Gasteiger partial charge on any atom is 0.277 e. The van der Waals surface area contributed by atoms with Crippen molar-refractivity contribution in [3.63, 3.8) is 0 Å². The Kier molecular flexibility index (Phi) is 8.21. The van der Waals surface area contributed by atoms with Crippen LogP contribution in [0.5, 0.6) is 0 Å². The number of anilines is 2. The minimum absolute atomic E-state index is 0.175. The van der Waals surface area contributed by atoms with Crippen LogP contribution in [0.25, 0.3) is 0 Å². The van der Waals surface area contributed by atoms with Gasteiger partial charge in [-0.15, -0.1) is 0 Å². The molecule has 1 aromatic heterocycles. The van der Waals surface area contributed by atoms with Crippen molar-refractivity contribution < 1.29 is 23.9 Å². The summed E-state index contributed by atoms with van der Waals surface area (Å²) in [4.78, 5) is 46.5. The first-order valence-corrected chi connectivity index (χ1v) is 15.3. The quantitative estimate of drug-likeness (QED) is 0.302. The number of benzene rings is 2. The predicted molar refractivity (Wildman–Crippen MR) is 162 cm³/mol. The van der Waals surface area contributed by atoms with Crippen molar-refractivity contribution in [3.05, 3.63) is 77.0 Å². The lowest BCUT2D eigenvalue weighted by Crippen LogP contribution is -2.43. The summed E-state index contributed by atoms with van der Waals surface area (Å²) < 4.78 is 5.53. The molecule has 1 aliphatic carbocycles. The highest BCUT2D eigenvalue weighted by molar-refractivity contribution is 6.06. The maximum atomic E-state index is 13.3. The Morgan fingerprint density at radius 1 is 1.09 bits per heavy atom. The largest absolute Gasteiger partial charge is 0.448 e. The Bertz CT molecular complexity index is 1500. The third-order valence-corrected chi connectivity index (χ3v) is 8.83. The van der Waals surface area contributed by atoms with Crippen LogP contribution in [0.4, 0.5) is 11.4 Å². The van der Waals surface area contributed by atoms with Crippen LogP contribution in [0.2, 0.25) is 0 Å². The van der Waals surface area contributed by atoms with Crippen LogP contribution in [0.1, 0.15) is 88.7 Å². The van der Waals surface area contributed by atoms with Crippen molar-refractivity contribution in [2.75, 3.05) is 42.9 Å². The molecule has 0 spiro atoms. The van der Waals surface area contributed by atoms with E-state index < -0.39 is 11.5 Å². The number of aromatic nitrogens is 1. The average molecular weight is 586 g/mol. The van der Waals surface area contributed by atoms with Crippen LogP contribution in [0, 0.1) is 6.92 Å². The predicted octanol–water partition coefficient (Wildman–Crippen LogP) is 4.34. The van der Waals surface area contributed by atoms with E-state index in [0.29, 0.717) is 69.0 Å². The fourth-order valence-corrected chi connectivity index (χ4v) is 6.15. The molecule has 3 aliphatic rings. The van der Waals surface area contributed by atoms with Gasteiger partial charge in [0, 0.05) is 50.6 Å². The number of oxazole rings is 1. The number of hydrogen-bond donors (Lipinski definition) is 3. The summed E-state index contributed by atoms with van der Waals surface area (Å²) in [6.07, 6.45) is 6.64. The van der Waals surface area contributed by atoms with Gasteiger partial charge in [0.05, 0.1) is 17.0 Å². The van der Waals surface area contributed by atoms with Gasteiger partial charge in [0.25, 0.3) is 11.8 Å². The van der Waals surface area contributed by atoms with E-state index in [1.54, 1.807) is 12.1 Å². The van der Waals surface area contributed by atoms with Crippen LogP contribution < -0.4 is 15.5 Å². The van der Waals surface area contributed by atoms with Gasteiger partial charge in [-0.2, -0.15) is 0 Å². The molecule has 2 aliphatic heterocycles. The van der Waals surface area contributed by atoms with Crippen LogP contribution in [-0.4, -0.2) is 65.4 Å². The van der Waals surface area contributed by atoms with Gasteiger partial charge in [0.15, 0.2) is 11.6 Å². The van der Waals surface area contributed by atoms with E-state index in [9.17, 15) is 19.5 Å². The molecule has 2 aromatic carbocycles. The Labute approximate surface area is 251 Å². The number of carbonyl (C=O) groups is 3. The Morgan fingerprint density at radius 2 is 1.88 bits per heavy atom. The summed E-state index contributed by atoms with van der Waals surface area (Å²) in [5.74, 6) is 0.389. The summed E-state index contributed by atoms with van der Waals surface area (Å²) in [6.45, 7) is 5.02. The maximum absolute atomic E-state index is 13.3. The Hall–Kier alpha value is -4.18. The molecule has 226 valence electrons. The minimum Gasteiger partial charge on any atom is -0.448 e. The van der Waals surface area contributed by atoms with Gasteiger partial charge in [-0.25, -0.2) is 4.98 Å². The van der Waals surface area contributed by atoms with Crippen molar-refractivity contribution in [2.24, 2.45) is 0 Å². The zero-order valence-electron chi connectivity index (χ0n) is 24.6.